The molecule has 2 aliphatic rings. The molecule has 1 N–H and O–H groups in total. The van der Waals surface area contributed by atoms with Gasteiger partial charge in [0.2, 0.25) is 0 Å². The van der Waals surface area contributed by atoms with E-state index in [0.29, 0.717) is 25.7 Å². The molecule has 2 rings (SSSR count). The van der Waals surface area contributed by atoms with Crippen LogP contribution < -0.4 is 0 Å². The van der Waals surface area contributed by atoms with E-state index in [4.69, 9.17) is 9.47 Å². The quantitative estimate of drug-likeness (QED) is 0.863. The molecule has 0 radical (unpaired) electrons. The molecule has 0 bridgehead atoms. The maximum absolute atomic E-state index is 12.2. The number of morpholine rings is 1. The van der Waals surface area contributed by atoms with Gasteiger partial charge in [0.25, 0.3) is 0 Å². The van der Waals surface area contributed by atoms with Crippen molar-refractivity contribution in [3.05, 3.63) is 0 Å². The number of carbonyl (C=O) groups excluding carboxylic acids is 1. The predicted octanol–water partition coefficient (Wildman–Crippen LogP) is 2.17. The summed E-state index contributed by atoms with van der Waals surface area (Å²) in [6.07, 6.45) is 3.53. The van der Waals surface area contributed by atoms with Crippen molar-refractivity contribution in [1.29, 1.82) is 0 Å². The first-order valence-corrected chi connectivity index (χ1v) is 7.62. The van der Waals surface area contributed by atoms with Crippen molar-refractivity contribution in [2.24, 2.45) is 5.92 Å². The summed E-state index contributed by atoms with van der Waals surface area (Å²) in [5, 5.41) is 10.4. The lowest BCUT2D eigenvalue weighted by molar-refractivity contribution is -0.0726. The van der Waals surface area contributed by atoms with Gasteiger partial charge in [-0.15, -0.1) is 0 Å². The molecule has 1 saturated carbocycles. The number of carbonyl (C=O) groups is 1. The molecule has 20 heavy (non-hydrogen) atoms. The fraction of sp³-hybridized carbons (Fsp3) is 0.933. The third kappa shape index (κ3) is 4.09. The normalized spacial score (nSPS) is 26.0. The first-order chi connectivity index (χ1) is 9.37. The second-order valence-electron chi connectivity index (χ2n) is 6.92. The van der Waals surface area contributed by atoms with Crippen molar-refractivity contribution in [1.82, 2.24) is 4.90 Å². The van der Waals surface area contributed by atoms with E-state index in [1.807, 2.05) is 20.8 Å². The Morgan fingerprint density at radius 2 is 2.15 bits per heavy atom. The summed E-state index contributed by atoms with van der Waals surface area (Å²) in [6, 6.07) is -0.279. The van der Waals surface area contributed by atoms with Gasteiger partial charge in [-0.3, -0.25) is 4.90 Å². The molecule has 1 heterocycles. The van der Waals surface area contributed by atoms with E-state index in [9.17, 15) is 9.90 Å². The Balaban J connectivity index is 1.94. The van der Waals surface area contributed by atoms with Crippen molar-refractivity contribution >= 4 is 6.09 Å². The van der Waals surface area contributed by atoms with Gasteiger partial charge in [-0.2, -0.15) is 0 Å². The molecule has 0 spiro atoms. The zero-order valence-corrected chi connectivity index (χ0v) is 12.8. The predicted molar refractivity (Wildman–Crippen MR) is 75.5 cm³/mol. The Hall–Kier alpha value is -0.810. The molecule has 0 aromatic heterocycles. The highest BCUT2D eigenvalue weighted by Gasteiger charge is 2.36. The van der Waals surface area contributed by atoms with Crippen molar-refractivity contribution in [3.63, 3.8) is 0 Å². The van der Waals surface area contributed by atoms with Crippen LogP contribution in [0.5, 0.6) is 0 Å². The molecule has 1 aliphatic carbocycles. The van der Waals surface area contributed by atoms with E-state index in [1.54, 1.807) is 4.90 Å². The van der Waals surface area contributed by atoms with Crippen LogP contribution in [0.4, 0.5) is 4.79 Å². The van der Waals surface area contributed by atoms with Gasteiger partial charge in [-0.05, 0) is 33.1 Å². The van der Waals surface area contributed by atoms with Gasteiger partial charge in [0.15, 0.2) is 0 Å². The molecule has 1 aliphatic heterocycles. The van der Waals surface area contributed by atoms with Gasteiger partial charge in [0.1, 0.15) is 5.60 Å². The first-order valence-electron chi connectivity index (χ1n) is 7.62. The molecule has 0 aromatic rings. The summed E-state index contributed by atoms with van der Waals surface area (Å²) >= 11 is 0. The summed E-state index contributed by atoms with van der Waals surface area (Å²) in [6.45, 7) is 6.95. The van der Waals surface area contributed by atoms with Crippen molar-refractivity contribution in [3.8, 4) is 0 Å². The molecule has 2 fully saturated rings. The number of aliphatic hydroxyl groups is 1. The van der Waals surface area contributed by atoms with Crippen LogP contribution in [0.3, 0.4) is 0 Å². The van der Waals surface area contributed by atoms with Crippen LogP contribution >= 0.6 is 0 Å². The Kier molecular flexibility index (Phi) is 4.91. The SMILES string of the molecule is CC(C)(C)OC(=O)N1CCOCC1C(O)CC1CCC1. The zero-order valence-electron chi connectivity index (χ0n) is 12.8. The minimum absolute atomic E-state index is 0.279. The van der Waals surface area contributed by atoms with Crippen LogP contribution in [0.15, 0.2) is 0 Å². The highest BCUT2D eigenvalue weighted by molar-refractivity contribution is 5.68. The maximum atomic E-state index is 12.2. The highest BCUT2D eigenvalue weighted by Crippen LogP contribution is 2.32. The second-order valence-corrected chi connectivity index (χ2v) is 6.92. The largest absolute Gasteiger partial charge is 0.444 e. The van der Waals surface area contributed by atoms with Crippen LogP contribution in [0.25, 0.3) is 0 Å². The molecule has 2 atom stereocenters. The lowest BCUT2D eigenvalue weighted by atomic mass is 9.80. The first kappa shape index (κ1) is 15.6. The van der Waals surface area contributed by atoms with E-state index in [1.165, 1.54) is 19.3 Å². The van der Waals surface area contributed by atoms with E-state index >= 15 is 0 Å². The Morgan fingerprint density at radius 3 is 2.70 bits per heavy atom. The third-order valence-electron chi connectivity index (χ3n) is 4.04. The van der Waals surface area contributed by atoms with Gasteiger partial charge in [0.05, 0.1) is 25.4 Å². The lowest BCUT2D eigenvalue weighted by Gasteiger charge is -2.40. The van der Waals surface area contributed by atoms with Crippen LogP contribution in [0.2, 0.25) is 0 Å². The number of rotatable bonds is 3. The van der Waals surface area contributed by atoms with Crippen LogP contribution in [0, 0.1) is 5.92 Å². The van der Waals surface area contributed by atoms with Crippen LogP contribution in [0.1, 0.15) is 46.5 Å². The maximum Gasteiger partial charge on any atom is 0.410 e. The highest BCUT2D eigenvalue weighted by atomic mass is 16.6. The van der Waals surface area contributed by atoms with Gasteiger partial charge in [-0.1, -0.05) is 19.3 Å². The Labute approximate surface area is 121 Å². The van der Waals surface area contributed by atoms with Crippen molar-refractivity contribution in [2.75, 3.05) is 19.8 Å². The summed E-state index contributed by atoms with van der Waals surface area (Å²) < 4.78 is 10.9. The van der Waals surface area contributed by atoms with Crippen LogP contribution in [-0.2, 0) is 9.47 Å². The molecule has 2 unspecified atom stereocenters. The Bertz CT molecular complexity index is 335. The minimum atomic E-state index is -0.520. The lowest BCUT2D eigenvalue weighted by Crippen LogP contribution is -2.55. The number of ether oxygens (including phenoxy) is 2. The fourth-order valence-electron chi connectivity index (χ4n) is 2.72. The number of nitrogens with zero attached hydrogens (tertiary/aromatic N) is 1. The number of hydrogen-bond acceptors (Lipinski definition) is 4. The van der Waals surface area contributed by atoms with E-state index in [-0.39, 0.29) is 12.1 Å². The van der Waals surface area contributed by atoms with E-state index < -0.39 is 11.7 Å². The molecular weight excluding hydrogens is 258 g/mol. The minimum Gasteiger partial charge on any atom is -0.444 e. The molecular formula is C15H27NO4. The summed E-state index contributed by atoms with van der Waals surface area (Å²) in [5.41, 5.74) is -0.515. The molecule has 1 saturated heterocycles. The van der Waals surface area contributed by atoms with Gasteiger partial charge < -0.3 is 14.6 Å². The van der Waals surface area contributed by atoms with E-state index in [2.05, 4.69) is 0 Å². The second kappa shape index (κ2) is 6.31. The number of amides is 1. The topological polar surface area (TPSA) is 59.0 Å². The molecule has 116 valence electrons. The Morgan fingerprint density at radius 1 is 1.45 bits per heavy atom. The molecule has 5 nitrogen and oxygen atoms in total. The fourth-order valence-corrected chi connectivity index (χ4v) is 2.72. The van der Waals surface area contributed by atoms with Crippen LogP contribution in [-0.4, -0.2) is 53.6 Å². The zero-order chi connectivity index (χ0) is 14.8. The average molecular weight is 285 g/mol. The summed E-state index contributed by atoms with van der Waals surface area (Å²) in [7, 11) is 0. The van der Waals surface area contributed by atoms with Gasteiger partial charge in [0, 0.05) is 6.54 Å². The molecule has 0 aromatic carbocycles. The number of hydrogen-bond donors (Lipinski definition) is 1. The van der Waals surface area contributed by atoms with Crippen molar-refractivity contribution < 1.29 is 19.4 Å². The smallest absolute Gasteiger partial charge is 0.410 e. The van der Waals surface area contributed by atoms with Gasteiger partial charge >= 0.3 is 6.09 Å². The monoisotopic (exact) mass is 285 g/mol. The summed E-state index contributed by atoms with van der Waals surface area (Å²) in [5.74, 6) is 0.604. The average Bonchev–Trinajstić information content (AvgIpc) is 2.31. The van der Waals surface area contributed by atoms with Crippen molar-refractivity contribution in [2.45, 2.75) is 64.2 Å². The third-order valence-corrected chi connectivity index (χ3v) is 4.04. The van der Waals surface area contributed by atoms with E-state index in [0.717, 1.165) is 6.42 Å². The standard InChI is InChI=1S/C15H27NO4/c1-15(2,3)20-14(18)16-7-8-19-10-12(16)13(17)9-11-5-4-6-11/h11-13,17H,4-10H2,1-3H3. The number of aliphatic hydroxyl groups excluding tert-OH is 1. The van der Waals surface area contributed by atoms with Gasteiger partial charge in [-0.25, -0.2) is 4.79 Å². The summed E-state index contributed by atoms with van der Waals surface area (Å²) in [4.78, 5) is 13.9. The molecule has 5 heteroatoms. The molecule has 1 amide bonds.